The molecule has 0 atom stereocenters. The maximum atomic E-state index is 12.0. The zero-order chi connectivity index (χ0) is 13.8. The number of halogens is 1. The molecule has 2 rings (SSSR count). The highest BCUT2D eigenvalue weighted by atomic mass is 35.5. The van der Waals surface area contributed by atoms with Crippen LogP contribution in [-0.4, -0.2) is 10.9 Å². The average Bonchev–Trinajstić information content (AvgIpc) is 2.39. The van der Waals surface area contributed by atoms with Crippen molar-refractivity contribution in [1.82, 2.24) is 4.98 Å². The first kappa shape index (κ1) is 13.1. The van der Waals surface area contributed by atoms with Crippen LogP contribution < -0.4 is 5.32 Å². The number of nitriles is 1. The van der Waals surface area contributed by atoms with Gasteiger partial charge >= 0.3 is 0 Å². The first-order valence-corrected chi connectivity index (χ1v) is 5.91. The van der Waals surface area contributed by atoms with E-state index in [9.17, 15) is 4.79 Å². The fraction of sp³-hybridized carbons (Fsp3) is 0.0714. The lowest BCUT2D eigenvalue weighted by atomic mass is 10.2. The van der Waals surface area contributed by atoms with Gasteiger partial charge in [0.15, 0.2) is 0 Å². The molecule has 1 amide bonds. The third-order valence-corrected chi connectivity index (χ3v) is 2.82. The first-order valence-electron chi connectivity index (χ1n) is 5.54. The van der Waals surface area contributed by atoms with Gasteiger partial charge < -0.3 is 5.32 Å². The minimum Gasteiger partial charge on any atom is -0.322 e. The largest absolute Gasteiger partial charge is 0.322 e. The molecule has 4 nitrogen and oxygen atoms in total. The van der Waals surface area contributed by atoms with Gasteiger partial charge in [-0.25, -0.2) is 0 Å². The molecular formula is C14H10ClN3O. The van der Waals surface area contributed by atoms with Crippen molar-refractivity contribution < 1.29 is 4.79 Å². The number of aryl methyl sites for hydroxylation is 1. The number of pyridine rings is 1. The second-order valence-electron chi connectivity index (χ2n) is 3.95. The van der Waals surface area contributed by atoms with Crippen LogP contribution in [0, 0.1) is 18.3 Å². The molecule has 1 aromatic heterocycles. The number of nitrogens with one attached hydrogen (secondary N) is 1. The second-order valence-corrected chi connectivity index (χ2v) is 4.36. The minimum atomic E-state index is -0.331. The van der Waals surface area contributed by atoms with Crippen LogP contribution in [0.5, 0.6) is 0 Å². The number of rotatable bonds is 2. The van der Waals surface area contributed by atoms with Crippen LogP contribution in [0.2, 0.25) is 5.02 Å². The number of aromatic nitrogens is 1. The van der Waals surface area contributed by atoms with E-state index in [1.54, 1.807) is 37.3 Å². The molecule has 0 unspecified atom stereocenters. The molecule has 94 valence electrons. The highest BCUT2D eigenvalue weighted by Crippen LogP contribution is 2.18. The minimum absolute atomic E-state index is 0.316. The lowest BCUT2D eigenvalue weighted by molar-refractivity contribution is 0.102. The Labute approximate surface area is 115 Å². The van der Waals surface area contributed by atoms with Crippen LogP contribution in [0.25, 0.3) is 0 Å². The Morgan fingerprint density at radius 1 is 1.37 bits per heavy atom. The summed E-state index contributed by atoms with van der Waals surface area (Å²) in [6.45, 7) is 1.80. The van der Waals surface area contributed by atoms with Crippen LogP contribution in [0.15, 0.2) is 36.5 Å². The van der Waals surface area contributed by atoms with Crippen LogP contribution in [0.1, 0.15) is 21.6 Å². The topological polar surface area (TPSA) is 65.8 Å². The summed E-state index contributed by atoms with van der Waals surface area (Å²) < 4.78 is 0. The Morgan fingerprint density at radius 3 is 2.63 bits per heavy atom. The van der Waals surface area contributed by atoms with E-state index in [0.29, 0.717) is 21.8 Å². The molecule has 0 saturated heterocycles. The van der Waals surface area contributed by atoms with E-state index in [1.165, 1.54) is 6.20 Å². The van der Waals surface area contributed by atoms with Crippen molar-refractivity contribution in [3.63, 3.8) is 0 Å². The summed E-state index contributed by atoms with van der Waals surface area (Å²) in [5.41, 5.74) is 2.20. The van der Waals surface area contributed by atoms with Gasteiger partial charge in [0.1, 0.15) is 0 Å². The van der Waals surface area contributed by atoms with Crippen molar-refractivity contribution in [2.75, 3.05) is 5.32 Å². The number of hydrogen-bond acceptors (Lipinski definition) is 3. The summed E-state index contributed by atoms with van der Waals surface area (Å²) >= 11 is 5.99. The highest BCUT2D eigenvalue weighted by molar-refractivity contribution is 6.34. The molecule has 0 bridgehead atoms. The standard InChI is InChI=1S/C14H10ClN3O/c1-9-6-13(15)12(8-17-9)14(19)18-11-4-2-10(7-16)3-5-11/h2-6,8H,1H3,(H,18,19). The van der Waals surface area contributed by atoms with Gasteiger partial charge in [0, 0.05) is 17.6 Å². The predicted molar refractivity (Wildman–Crippen MR) is 73.1 cm³/mol. The van der Waals surface area contributed by atoms with Gasteiger partial charge in [-0.2, -0.15) is 5.26 Å². The molecule has 1 aromatic carbocycles. The van der Waals surface area contributed by atoms with Gasteiger partial charge in [0.2, 0.25) is 0 Å². The number of nitrogens with zero attached hydrogens (tertiary/aromatic N) is 2. The maximum Gasteiger partial charge on any atom is 0.258 e. The molecule has 2 aromatic rings. The van der Waals surface area contributed by atoms with Crippen molar-refractivity contribution in [2.24, 2.45) is 0 Å². The number of carbonyl (C=O) groups excluding carboxylic acids is 1. The molecule has 0 fully saturated rings. The summed E-state index contributed by atoms with van der Waals surface area (Å²) in [6.07, 6.45) is 1.44. The number of amides is 1. The summed E-state index contributed by atoms with van der Waals surface area (Å²) in [6, 6.07) is 10.2. The van der Waals surface area contributed by atoms with E-state index in [1.807, 2.05) is 6.07 Å². The summed E-state index contributed by atoms with van der Waals surface area (Å²) in [5, 5.41) is 11.7. The van der Waals surface area contributed by atoms with Gasteiger partial charge in [-0.15, -0.1) is 0 Å². The fourth-order valence-electron chi connectivity index (χ4n) is 1.52. The molecule has 5 heteroatoms. The van der Waals surface area contributed by atoms with E-state index >= 15 is 0 Å². The van der Waals surface area contributed by atoms with Gasteiger partial charge in [-0.3, -0.25) is 9.78 Å². The monoisotopic (exact) mass is 271 g/mol. The SMILES string of the molecule is Cc1cc(Cl)c(C(=O)Nc2ccc(C#N)cc2)cn1. The molecule has 0 saturated carbocycles. The van der Waals surface area contributed by atoms with Crippen molar-refractivity contribution in [2.45, 2.75) is 6.92 Å². The normalized spacial score (nSPS) is 9.74. The Kier molecular flexibility index (Phi) is 3.79. The molecule has 1 N–H and O–H groups in total. The number of anilines is 1. The summed E-state index contributed by atoms with van der Waals surface area (Å²) in [7, 11) is 0. The van der Waals surface area contributed by atoms with E-state index in [4.69, 9.17) is 16.9 Å². The number of carbonyl (C=O) groups is 1. The van der Waals surface area contributed by atoms with Gasteiger partial charge in [-0.05, 0) is 37.3 Å². The van der Waals surface area contributed by atoms with Crippen molar-refractivity contribution in [1.29, 1.82) is 5.26 Å². The lowest BCUT2D eigenvalue weighted by Crippen LogP contribution is -2.13. The van der Waals surface area contributed by atoms with Gasteiger partial charge in [0.25, 0.3) is 5.91 Å². The van der Waals surface area contributed by atoms with Crippen LogP contribution >= 0.6 is 11.6 Å². The molecular weight excluding hydrogens is 262 g/mol. The zero-order valence-corrected chi connectivity index (χ0v) is 10.9. The Morgan fingerprint density at radius 2 is 2.05 bits per heavy atom. The zero-order valence-electron chi connectivity index (χ0n) is 10.1. The molecule has 19 heavy (non-hydrogen) atoms. The second kappa shape index (κ2) is 5.51. The summed E-state index contributed by atoms with van der Waals surface area (Å²) in [4.78, 5) is 16.0. The smallest absolute Gasteiger partial charge is 0.258 e. The fourth-order valence-corrected chi connectivity index (χ4v) is 1.81. The van der Waals surface area contributed by atoms with E-state index in [-0.39, 0.29) is 5.91 Å². The van der Waals surface area contributed by atoms with Crippen LogP contribution in [-0.2, 0) is 0 Å². The van der Waals surface area contributed by atoms with Crippen LogP contribution in [0.3, 0.4) is 0 Å². The Hall–Kier alpha value is -2.38. The number of hydrogen-bond donors (Lipinski definition) is 1. The van der Waals surface area contributed by atoms with E-state index in [0.717, 1.165) is 5.69 Å². The quantitative estimate of drug-likeness (QED) is 0.912. The Bertz CT molecular complexity index is 659. The molecule has 0 aliphatic rings. The van der Waals surface area contributed by atoms with Gasteiger partial charge in [0.05, 0.1) is 22.2 Å². The Balaban J connectivity index is 2.18. The predicted octanol–water partition coefficient (Wildman–Crippen LogP) is 3.17. The molecule has 0 aliphatic heterocycles. The molecule has 0 spiro atoms. The molecule has 1 heterocycles. The van der Waals surface area contributed by atoms with E-state index in [2.05, 4.69) is 10.3 Å². The third-order valence-electron chi connectivity index (χ3n) is 2.51. The third kappa shape index (κ3) is 3.09. The van der Waals surface area contributed by atoms with Gasteiger partial charge in [-0.1, -0.05) is 11.6 Å². The van der Waals surface area contributed by atoms with Crippen molar-refractivity contribution >= 4 is 23.2 Å². The van der Waals surface area contributed by atoms with E-state index < -0.39 is 0 Å². The van der Waals surface area contributed by atoms with Crippen molar-refractivity contribution in [3.8, 4) is 6.07 Å². The molecule has 0 aliphatic carbocycles. The average molecular weight is 272 g/mol. The molecule has 0 radical (unpaired) electrons. The maximum absolute atomic E-state index is 12.0. The highest BCUT2D eigenvalue weighted by Gasteiger charge is 2.11. The summed E-state index contributed by atoms with van der Waals surface area (Å²) in [5.74, 6) is -0.331. The lowest BCUT2D eigenvalue weighted by Gasteiger charge is -2.06. The first-order chi connectivity index (χ1) is 9.10. The number of benzene rings is 1. The van der Waals surface area contributed by atoms with Crippen molar-refractivity contribution in [3.05, 3.63) is 58.4 Å². The van der Waals surface area contributed by atoms with Crippen LogP contribution in [0.4, 0.5) is 5.69 Å².